The lowest BCUT2D eigenvalue weighted by Gasteiger charge is -2.30. The monoisotopic (exact) mass is 347 g/mol. The highest BCUT2D eigenvalue weighted by molar-refractivity contribution is 5.92. The lowest BCUT2D eigenvalue weighted by atomic mass is 9.96. The van der Waals surface area contributed by atoms with Gasteiger partial charge >= 0.3 is 0 Å². The number of aromatic nitrogens is 4. The van der Waals surface area contributed by atoms with Gasteiger partial charge in [-0.05, 0) is 38.0 Å². The Balaban J connectivity index is 1.46. The molecule has 1 fully saturated rings. The zero-order chi connectivity index (χ0) is 17.8. The second-order valence-electron chi connectivity index (χ2n) is 6.51. The first-order valence-electron chi connectivity index (χ1n) is 8.60. The van der Waals surface area contributed by atoms with Crippen LogP contribution >= 0.6 is 0 Å². The normalized spacial score (nSPS) is 16.1. The molecule has 1 aliphatic rings. The van der Waals surface area contributed by atoms with E-state index in [0.29, 0.717) is 18.4 Å². The van der Waals surface area contributed by atoms with Gasteiger partial charge in [0.15, 0.2) is 0 Å². The molecule has 25 heavy (non-hydrogen) atoms. The number of hydrogen-bond donors (Lipinski definition) is 1. The van der Waals surface area contributed by atoms with Gasteiger partial charge in [-0.2, -0.15) is 10.1 Å². The Morgan fingerprint density at radius 1 is 1.40 bits per heavy atom. The molecule has 2 aromatic rings. The first-order chi connectivity index (χ1) is 12.0. The third-order valence-electron chi connectivity index (χ3n) is 4.40. The molecule has 0 bridgehead atoms. The summed E-state index contributed by atoms with van der Waals surface area (Å²) in [6.45, 7) is 5.11. The minimum atomic E-state index is 0.0289. The molecule has 0 aliphatic carbocycles. The number of amides is 1. The maximum atomic E-state index is 12.4. The molecule has 1 saturated heterocycles. The third kappa shape index (κ3) is 4.36. The molecule has 3 rings (SSSR count). The second kappa shape index (κ2) is 7.64. The first-order valence-corrected chi connectivity index (χ1v) is 8.60. The van der Waals surface area contributed by atoms with Crippen LogP contribution in [-0.2, 0) is 17.9 Å². The van der Waals surface area contributed by atoms with Crippen LogP contribution in [0.15, 0.2) is 16.9 Å². The Morgan fingerprint density at radius 2 is 2.16 bits per heavy atom. The number of carbonyl (C=O) groups is 1. The molecule has 0 spiro atoms. The molecule has 0 aromatic carbocycles. The van der Waals surface area contributed by atoms with E-state index >= 15 is 0 Å². The van der Waals surface area contributed by atoms with Crippen molar-refractivity contribution in [3.05, 3.63) is 18.3 Å². The fourth-order valence-corrected chi connectivity index (χ4v) is 2.88. The SMILES string of the molecule is CCn1cc(NC(=O)C2CCN(Cc3nc(N(C)C)no3)CC2)cn1. The van der Waals surface area contributed by atoms with Gasteiger partial charge < -0.3 is 14.7 Å². The van der Waals surface area contributed by atoms with Crippen LogP contribution in [0.5, 0.6) is 0 Å². The quantitative estimate of drug-likeness (QED) is 0.839. The predicted molar refractivity (Wildman–Crippen MR) is 93.2 cm³/mol. The molecule has 0 atom stereocenters. The maximum Gasteiger partial charge on any atom is 0.265 e. The van der Waals surface area contributed by atoms with Crippen molar-refractivity contribution in [1.29, 1.82) is 0 Å². The Morgan fingerprint density at radius 3 is 2.76 bits per heavy atom. The van der Waals surface area contributed by atoms with E-state index in [1.807, 2.05) is 32.1 Å². The van der Waals surface area contributed by atoms with Gasteiger partial charge in [-0.15, -0.1) is 0 Å². The molecule has 3 heterocycles. The van der Waals surface area contributed by atoms with Gasteiger partial charge in [-0.25, -0.2) is 0 Å². The largest absolute Gasteiger partial charge is 0.344 e. The molecule has 1 amide bonds. The van der Waals surface area contributed by atoms with Gasteiger partial charge in [0.05, 0.1) is 18.4 Å². The van der Waals surface area contributed by atoms with Crippen molar-refractivity contribution in [2.75, 3.05) is 37.4 Å². The van der Waals surface area contributed by atoms with Crippen molar-refractivity contribution in [3.8, 4) is 0 Å². The number of hydrogen-bond acceptors (Lipinski definition) is 7. The molecule has 0 saturated carbocycles. The Kier molecular flexibility index (Phi) is 5.32. The fraction of sp³-hybridized carbons (Fsp3) is 0.625. The summed E-state index contributed by atoms with van der Waals surface area (Å²) in [7, 11) is 3.76. The summed E-state index contributed by atoms with van der Waals surface area (Å²) in [5.74, 6) is 1.29. The molecule has 9 heteroatoms. The summed E-state index contributed by atoms with van der Waals surface area (Å²) in [5, 5.41) is 11.1. The number of carbonyl (C=O) groups excluding carboxylic acids is 1. The summed E-state index contributed by atoms with van der Waals surface area (Å²) >= 11 is 0. The van der Waals surface area contributed by atoms with Crippen molar-refractivity contribution in [1.82, 2.24) is 24.8 Å². The molecule has 1 N–H and O–H groups in total. The van der Waals surface area contributed by atoms with E-state index < -0.39 is 0 Å². The fourth-order valence-electron chi connectivity index (χ4n) is 2.88. The van der Waals surface area contributed by atoms with Gasteiger partial charge in [0.2, 0.25) is 11.8 Å². The van der Waals surface area contributed by atoms with Crippen LogP contribution in [0.1, 0.15) is 25.7 Å². The number of anilines is 2. The highest BCUT2D eigenvalue weighted by Gasteiger charge is 2.26. The summed E-state index contributed by atoms with van der Waals surface area (Å²) in [5.41, 5.74) is 0.761. The van der Waals surface area contributed by atoms with Crippen molar-refractivity contribution in [2.24, 2.45) is 5.92 Å². The summed E-state index contributed by atoms with van der Waals surface area (Å²) in [4.78, 5) is 20.8. The number of nitrogens with one attached hydrogen (secondary N) is 1. The van der Waals surface area contributed by atoms with Crippen molar-refractivity contribution >= 4 is 17.5 Å². The van der Waals surface area contributed by atoms with E-state index in [4.69, 9.17) is 4.52 Å². The van der Waals surface area contributed by atoms with Crippen LogP contribution in [0.4, 0.5) is 11.6 Å². The predicted octanol–water partition coefficient (Wildman–Crippen LogP) is 1.20. The van der Waals surface area contributed by atoms with Gasteiger partial charge in [0, 0.05) is 32.8 Å². The molecular formula is C16H25N7O2. The van der Waals surface area contributed by atoms with Gasteiger partial charge in [-0.3, -0.25) is 14.4 Å². The molecule has 136 valence electrons. The summed E-state index contributed by atoms with van der Waals surface area (Å²) < 4.78 is 7.06. The highest BCUT2D eigenvalue weighted by atomic mass is 16.5. The van der Waals surface area contributed by atoms with E-state index in [2.05, 4.69) is 25.5 Å². The molecule has 2 aromatic heterocycles. The van der Waals surface area contributed by atoms with E-state index in [1.165, 1.54) is 0 Å². The molecule has 1 aliphatic heterocycles. The standard InChI is InChI=1S/C16H25N7O2/c1-4-23-10-13(9-17-23)18-15(24)12-5-7-22(8-6-12)11-14-19-16(20-25-14)21(2)3/h9-10,12H,4-8,11H2,1-3H3,(H,18,24). The van der Waals surface area contributed by atoms with Crippen LogP contribution in [0.2, 0.25) is 0 Å². The lowest BCUT2D eigenvalue weighted by molar-refractivity contribution is -0.121. The molecular weight excluding hydrogens is 322 g/mol. The number of nitrogens with zero attached hydrogens (tertiary/aromatic N) is 6. The van der Waals surface area contributed by atoms with Crippen molar-refractivity contribution < 1.29 is 9.32 Å². The first kappa shape index (κ1) is 17.4. The minimum Gasteiger partial charge on any atom is -0.344 e. The van der Waals surface area contributed by atoms with Crippen LogP contribution < -0.4 is 10.2 Å². The lowest BCUT2D eigenvalue weighted by Crippen LogP contribution is -2.37. The Labute approximate surface area is 147 Å². The van der Waals surface area contributed by atoms with Gasteiger partial charge in [0.1, 0.15) is 0 Å². The molecule has 0 unspecified atom stereocenters. The number of piperidine rings is 1. The smallest absolute Gasteiger partial charge is 0.265 e. The zero-order valence-corrected chi connectivity index (χ0v) is 15.0. The summed E-state index contributed by atoms with van der Waals surface area (Å²) in [6.07, 6.45) is 5.18. The second-order valence-corrected chi connectivity index (χ2v) is 6.51. The number of aryl methyl sites for hydroxylation is 1. The van der Waals surface area contributed by atoms with Gasteiger partial charge in [-0.1, -0.05) is 0 Å². The maximum absolute atomic E-state index is 12.4. The molecule has 9 nitrogen and oxygen atoms in total. The van der Waals surface area contributed by atoms with E-state index in [0.717, 1.165) is 38.2 Å². The summed E-state index contributed by atoms with van der Waals surface area (Å²) in [6, 6.07) is 0. The van der Waals surface area contributed by atoms with Crippen LogP contribution in [0, 0.1) is 5.92 Å². The van der Waals surface area contributed by atoms with Crippen LogP contribution in [0.25, 0.3) is 0 Å². The van der Waals surface area contributed by atoms with Crippen molar-refractivity contribution in [3.63, 3.8) is 0 Å². The Hall–Kier alpha value is -2.42. The topological polar surface area (TPSA) is 92.3 Å². The zero-order valence-electron chi connectivity index (χ0n) is 15.0. The van der Waals surface area contributed by atoms with Gasteiger partial charge in [0.25, 0.3) is 5.95 Å². The minimum absolute atomic E-state index is 0.0289. The van der Waals surface area contributed by atoms with Crippen molar-refractivity contribution in [2.45, 2.75) is 32.9 Å². The van der Waals surface area contributed by atoms with E-state index in [9.17, 15) is 4.79 Å². The Bertz CT molecular complexity index is 701. The number of rotatable bonds is 6. The average Bonchev–Trinajstić information content (AvgIpc) is 3.25. The molecule has 0 radical (unpaired) electrons. The van der Waals surface area contributed by atoms with Crippen LogP contribution in [0.3, 0.4) is 0 Å². The highest BCUT2D eigenvalue weighted by Crippen LogP contribution is 2.21. The van der Waals surface area contributed by atoms with E-state index in [1.54, 1.807) is 10.9 Å². The average molecular weight is 347 g/mol. The van der Waals surface area contributed by atoms with Crippen LogP contribution in [-0.4, -0.2) is 57.9 Å². The number of likely N-dealkylation sites (tertiary alicyclic amines) is 1. The third-order valence-corrected chi connectivity index (χ3v) is 4.40. The van der Waals surface area contributed by atoms with E-state index in [-0.39, 0.29) is 11.8 Å².